The molecule has 1 saturated carbocycles. The third-order valence-electron chi connectivity index (χ3n) is 5.73. The number of amides is 1. The maximum Gasteiger partial charge on any atom is 0.547 e. The fraction of sp³-hybridized carbons (Fsp3) is 0.591. The Morgan fingerprint density at radius 3 is 2.60 bits per heavy atom. The molecule has 3 rings (SSSR count). The van der Waals surface area contributed by atoms with Crippen LogP contribution in [0.2, 0.25) is 0 Å². The van der Waals surface area contributed by atoms with Gasteiger partial charge in [-0.05, 0) is 50.2 Å². The molecule has 1 aliphatic heterocycles. The zero-order chi connectivity index (χ0) is 25.4. The van der Waals surface area contributed by atoms with Crippen molar-refractivity contribution in [2.75, 3.05) is 6.79 Å². The van der Waals surface area contributed by atoms with Crippen molar-refractivity contribution in [3.05, 3.63) is 29.3 Å². The predicted octanol–water partition coefficient (Wildman–Crippen LogP) is 3.46. The van der Waals surface area contributed by atoms with Crippen LogP contribution in [0.5, 0.6) is 5.75 Å². The van der Waals surface area contributed by atoms with Crippen LogP contribution in [0.25, 0.3) is 0 Å². The van der Waals surface area contributed by atoms with Crippen molar-refractivity contribution in [1.82, 2.24) is 5.32 Å². The highest BCUT2D eigenvalue weighted by Gasteiger charge is 2.38. The van der Waals surface area contributed by atoms with Crippen LogP contribution in [0.1, 0.15) is 67.3 Å². The van der Waals surface area contributed by atoms with Gasteiger partial charge in [-0.3, -0.25) is 4.79 Å². The van der Waals surface area contributed by atoms with Gasteiger partial charge in [0.05, 0.1) is 5.94 Å². The normalized spacial score (nSPS) is 18.2. The molecule has 0 radical (unpaired) electrons. The van der Waals surface area contributed by atoms with Gasteiger partial charge < -0.3 is 29.2 Å². The van der Waals surface area contributed by atoms with Crippen LogP contribution in [-0.2, 0) is 25.4 Å². The van der Waals surface area contributed by atoms with E-state index in [1.807, 2.05) is 0 Å². The van der Waals surface area contributed by atoms with Gasteiger partial charge in [0.15, 0.2) is 0 Å². The van der Waals surface area contributed by atoms with Crippen molar-refractivity contribution < 1.29 is 51.4 Å². The molecule has 1 fully saturated rings. The number of para-hydroxylation sites is 1. The highest BCUT2D eigenvalue weighted by atomic mass is 19.4. The van der Waals surface area contributed by atoms with E-state index in [0.29, 0.717) is 5.56 Å². The molecule has 0 unspecified atom stereocenters. The highest BCUT2D eigenvalue weighted by Crippen LogP contribution is 2.31. The smallest absolute Gasteiger partial charge is 0.534 e. The molecular formula is C22H27BF3NO8. The topological polar surface area (TPSA) is 120 Å². The van der Waals surface area contributed by atoms with Crippen LogP contribution < -0.4 is 9.97 Å². The van der Waals surface area contributed by atoms with Crippen LogP contribution in [0, 0.1) is 0 Å². The van der Waals surface area contributed by atoms with Gasteiger partial charge in [0.1, 0.15) is 17.4 Å². The SMILES string of the molecule is O=C(CCCC(F)(F)F)N[C@H]1Cc2cccc(C(=O)OCOC(=O)OC3CCCCC3)c2OB1O. The molecule has 2 N–H and O–H groups in total. The maximum atomic E-state index is 12.5. The molecule has 192 valence electrons. The van der Waals surface area contributed by atoms with E-state index in [0.717, 1.165) is 32.1 Å². The number of ether oxygens (including phenoxy) is 3. The van der Waals surface area contributed by atoms with Crippen molar-refractivity contribution in [3.8, 4) is 5.75 Å². The number of rotatable bonds is 8. The molecule has 1 amide bonds. The van der Waals surface area contributed by atoms with Crippen molar-refractivity contribution >= 4 is 25.2 Å². The molecule has 0 aromatic heterocycles. The van der Waals surface area contributed by atoms with Gasteiger partial charge in [0.25, 0.3) is 0 Å². The van der Waals surface area contributed by atoms with E-state index in [4.69, 9.17) is 18.9 Å². The van der Waals surface area contributed by atoms with Crippen LogP contribution in [0.3, 0.4) is 0 Å². The van der Waals surface area contributed by atoms with Crippen molar-refractivity contribution in [3.63, 3.8) is 0 Å². The second-order valence-corrected chi connectivity index (χ2v) is 8.47. The first kappa shape index (κ1) is 26.6. The summed E-state index contributed by atoms with van der Waals surface area (Å²) in [5.41, 5.74) is 0.448. The average Bonchev–Trinajstić information content (AvgIpc) is 2.79. The molecule has 0 saturated heterocycles. The quantitative estimate of drug-likeness (QED) is 0.316. The Labute approximate surface area is 200 Å². The summed E-state index contributed by atoms with van der Waals surface area (Å²) in [6, 6.07) is 4.54. The minimum Gasteiger partial charge on any atom is -0.534 e. The lowest BCUT2D eigenvalue weighted by Gasteiger charge is -2.29. The number of nitrogens with one attached hydrogen (secondary N) is 1. The number of carbonyl (C=O) groups is 3. The summed E-state index contributed by atoms with van der Waals surface area (Å²) in [6.45, 7) is -0.673. The first-order valence-electron chi connectivity index (χ1n) is 11.5. The van der Waals surface area contributed by atoms with Crippen LogP contribution >= 0.6 is 0 Å². The Kier molecular flexibility index (Phi) is 9.24. The molecule has 1 aromatic rings. The number of fused-ring (bicyclic) bond motifs is 1. The van der Waals surface area contributed by atoms with Gasteiger partial charge in [-0.2, -0.15) is 13.2 Å². The zero-order valence-corrected chi connectivity index (χ0v) is 19.0. The van der Waals surface area contributed by atoms with Gasteiger partial charge in [0, 0.05) is 12.8 Å². The summed E-state index contributed by atoms with van der Waals surface area (Å²) in [5.74, 6) is -2.39. The number of carbonyl (C=O) groups excluding carboxylic acids is 3. The van der Waals surface area contributed by atoms with E-state index < -0.39 is 50.5 Å². The summed E-state index contributed by atoms with van der Waals surface area (Å²) in [4.78, 5) is 36.2. The van der Waals surface area contributed by atoms with Crippen molar-refractivity contribution in [2.24, 2.45) is 0 Å². The Hall–Kier alpha value is -2.96. The number of alkyl halides is 3. The van der Waals surface area contributed by atoms with E-state index in [2.05, 4.69) is 5.32 Å². The van der Waals surface area contributed by atoms with E-state index >= 15 is 0 Å². The molecule has 1 aliphatic carbocycles. The minimum atomic E-state index is -4.35. The lowest BCUT2D eigenvalue weighted by atomic mass is 9.72. The molecule has 13 heteroatoms. The summed E-state index contributed by atoms with van der Waals surface area (Å²) in [7, 11) is -1.54. The third-order valence-corrected chi connectivity index (χ3v) is 5.73. The molecule has 0 bridgehead atoms. The molecule has 1 atom stereocenters. The Morgan fingerprint density at radius 2 is 1.89 bits per heavy atom. The largest absolute Gasteiger partial charge is 0.547 e. The van der Waals surface area contributed by atoms with Gasteiger partial charge in [-0.25, -0.2) is 9.59 Å². The highest BCUT2D eigenvalue weighted by molar-refractivity contribution is 6.47. The molecule has 0 spiro atoms. The summed E-state index contributed by atoms with van der Waals surface area (Å²) in [5, 5.41) is 12.7. The molecule has 1 heterocycles. The lowest BCUT2D eigenvalue weighted by molar-refractivity contribution is -0.137. The number of hydrogen-bond acceptors (Lipinski definition) is 8. The van der Waals surface area contributed by atoms with Gasteiger partial charge in [0.2, 0.25) is 12.7 Å². The second kappa shape index (κ2) is 12.1. The Bertz CT molecular complexity index is 907. The first-order chi connectivity index (χ1) is 16.6. The molecule has 9 nitrogen and oxygen atoms in total. The monoisotopic (exact) mass is 501 g/mol. The van der Waals surface area contributed by atoms with E-state index in [1.165, 1.54) is 12.1 Å². The zero-order valence-electron chi connectivity index (χ0n) is 19.0. The fourth-order valence-corrected chi connectivity index (χ4v) is 4.00. The van der Waals surface area contributed by atoms with Gasteiger partial charge in [-0.1, -0.05) is 18.6 Å². The van der Waals surface area contributed by atoms with Gasteiger partial charge >= 0.3 is 25.4 Å². The fourth-order valence-electron chi connectivity index (χ4n) is 4.00. The molecule has 1 aromatic carbocycles. The minimum absolute atomic E-state index is 0.0271. The number of esters is 1. The van der Waals surface area contributed by atoms with Crippen LogP contribution in [0.4, 0.5) is 18.0 Å². The lowest BCUT2D eigenvalue weighted by Crippen LogP contribution is -2.53. The number of halogens is 3. The standard InChI is InChI=1S/C22H27BF3NO8/c24-22(25,26)11-5-10-18(28)27-17-12-14-6-4-9-16(19(14)35-23(17)31)20(29)32-13-33-21(30)34-15-7-2-1-3-8-15/h4,6,9,15,17,31H,1-3,5,7-8,10-13H2,(H,27,28)/t17-/m0/s1. The number of hydrogen-bond donors (Lipinski definition) is 2. The van der Waals surface area contributed by atoms with Gasteiger partial charge in [-0.15, -0.1) is 0 Å². The van der Waals surface area contributed by atoms with Crippen molar-refractivity contribution in [2.45, 2.75) is 76.0 Å². The molecular weight excluding hydrogens is 474 g/mol. The first-order valence-corrected chi connectivity index (χ1v) is 11.5. The van der Waals surface area contributed by atoms with Crippen molar-refractivity contribution in [1.29, 1.82) is 0 Å². The van der Waals surface area contributed by atoms with Crippen LogP contribution in [0.15, 0.2) is 18.2 Å². The summed E-state index contributed by atoms with van der Waals surface area (Å²) in [6.07, 6.45) is -2.65. The van der Waals surface area contributed by atoms with E-state index in [-0.39, 0.29) is 36.7 Å². The van der Waals surface area contributed by atoms with E-state index in [9.17, 15) is 32.6 Å². The Balaban J connectivity index is 1.49. The van der Waals surface area contributed by atoms with E-state index in [1.54, 1.807) is 6.07 Å². The molecule has 2 aliphatic rings. The third kappa shape index (κ3) is 8.34. The second-order valence-electron chi connectivity index (χ2n) is 8.47. The average molecular weight is 501 g/mol. The predicted molar refractivity (Wildman–Crippen MR) is 115 cm³/mol. The number of benzene rings is 1. The summed E-state index contributed by atoms with van der Waals surface area (Å²) >= 11 is 0. The maximum absolute atomic E-state index is 12.5. The van der Waals surface area contributed by atoms with Crippen LogP contribution in [-0.4, -0.2) is 55.2 Å². The Morgan fingerprint density at radius 1 is 1.14 bits per heavy atom. The molecule has 35 heavy (non-hydrogen) atoms. The summed E-state index contributed by atoms with van der Waals surface area (Å²) < 4.78 is 57.1.